The topological polar surface area (TPSA) is 26.3 Å². The second kappa shape index (κ2) is 6.89. The van der Waals surface area contributed by atoms with Crippen LogP contribution in [0.4, 0.5) is 0 Å². The highest BCUT2D eigenvalue weighted by Crippen LogP contribution is 2.06. The molecule has 0 aliphatic carbocycles. The van der Waals surface area contributed by atoms with Gasteiger partial charge in [-0.3, -0.25) is 0 Å². The smallest absolute Gasteiger partial charge is 0.330 e. The number of hydrogen-bond donors (Lipinski definition) is 0. The Bertz CT molecular complexity index is 141. The Balaban J connectivity index is 3.38. The van der Waals surface area contributed by atoms with Crippen LogP contribution in [-0.2, 0) is 9.53 Å². The molecule has 0 amide bonds. The molecule has 0 aromatic heterocycles. The van der Waals surface area contributed by atoms with Crippen molar-refractivity contribution in [2.75, 3.05) is 0 Å². The van der Waals surface area contributed by atoms with Crippen LogP contribution in [0.5, 0.6) is 0 Å². The number of carbonyl (C=O) groups excluding carboxylic acids is 1. The number of carbonyl (C=O) groups is 1. The summed E-state index contributed by atoms with van der Waals surface area (Å²) < 4.78 is 4.99. The first-order valence-corrected chi connectivity index (χ1v) is 4.53. The molecule has 0 bridgehead atoms. The number of unbranched alkanes of at least 4 members (excludes halogenated alkanes) is 2. The van der Waals surface area contributed by atoms with Crippen molar-refractivity contribution in [3.63, 3.8) is 0 Å². The summed E-state index contributed by atoms with van der Waals surface area (Å²) in [7, 11) is 0. The van der Waals surface area contributed by atoms with E-state index in [1.54, 1.807) is 0 Å². The van der Waals surface area contributed by atoms with E-state index >= 15 is 0 Å². The molecule has 0 saturated heterocycles. The summed E-state index contributed by atoms with van der Waals surface area (Å²) in [5.41, 5.74) is 0. The highest BCUT2D eigenvalue weighted by atomic mass is 16.5. The van der Waals surface area contributed by atoms with Gasteiger partial charge in [-0.1, -0.05) is 26.3 Å². The maximum atomic E-state index is 10.7. The van der Waals surface area contributed by atoms with E-state index in [1.165, 1.54) is 18.9 Å². The van der Waals surface area contributed by atoms with E-state index in [1.807, 2.05) is 6.92 Å². The molecule has 1 unspecified atom stereocenters. The maximum Gasteiger partial charge on any atom is 0.330 e. The summed E-state index contributed by atoms with van der Waals surface area (Å²) in [6.07, 6.45) is 5.71. The van der Waals surface area contributed by atoms with Crippen molar-refractivity contribution < 1.29 is 9.53 Å². The quantitative estimate of drug-likeness (QED) is 0.348. The van der Waals surface area contributed by atoms with Crippen LogP contribution in [-0.4, -0.2) is 12.1 Å². The van der Waals surface area contributed by atoms with Crippen molar-refractivity contribution in [2.45, 2.75) is 45.6 Å². The van der Waals surface area contributed by atoms with Gasteiger partial charge in [-0.05, 0) is 19.8 Å². The fraction of sp³-hybridized carbons (Fsp3) is 0.700. The third-order valence-electron chi connectivity index (χ3n) is 1.70. The lowest BCUT2D eigenvalue weighted by Crippen LogP contribution is -2.12. The predicted molar refractivity (Wildman–Crippen MR) is 49.9 cm³/mol. The van der Waals surface area contributed by atoms with Crippen molar-refractivity contribution in [1.29, 1.82) is 0 Å². The zero-order chi connectivity index (χ0) is 9.40. The van der Waals surface area contributed by atoms with Crippen molar-refractivity contribution >= 4 is 5.97 Å². The molecule has 0 saturated carbocycles. The van der Waals surface area contributed by atoms with Gasteiger partial charge in [-0.2, -0.15) is 0 Å². The van der Waals surface area contributed by atoms with Crippen molar-refractivity contribution in [3.05, 3.63) is 12.7 Å². The lowest BCUT2D eigenvalue weighted by atomic mass is 10.1. The van der Waals surface area contributed by atoms with Gasteiger partial charge >= 0.3 is 5.97 Å². The summed E-state index contributed by atoms with van der Waals surface area (Å²) >= 11 is 0. The Morgan fingerprint density at radius 2 is 2.25 bits per heavy atom. The third-order valence-corrected chi connectivity index (χ3v) is 1.70. The van der Waals surface area contributed by atoms with Crippen molar-refractivity contribution in [2.24, 2.45) is 0 Å². The number of hydrogen-bond acceptors (Lipinski definition) is 2. The monoisotopic (exact) mass is 170 g/mol. The zero-order valence-electron chi connectivity index (χ0n) is 8.01. The summed E-state index contributed by atoms with van der Waals surface area (Å²) in [6.45, 7) is 7.40. The van der Waals surface area contributed by atoms with Crippen LogP contribution in [0.15, 0.2) is 12.7 Å². The van der Waals surface area contributed by atoms with Gasteiger partial charge in [0.2, 0.25) is 0 Å². The second-order valence-corrected chi connectivity index (χ2v) is 2.95. The minimum absolute atomic E-state index is 0.0297. The summed E-state index contributed by atoms with van der Waals surface area (Å²) in [5, 5.41) is 0. The van der Waals surface area contributed by atoms with Crippen molar-refractivity contribution in [1.82, 2.24) is 0 Å². The van der Waals surface area contributed by atoms with E-state index in [9.17, 15) is 4.79 Å². The molecule has 0 spiro atoms. The van der Waals surface area contributed by atoms with Crippen LogP contribution >= 0.6 is 0 Å². The number of esters is 1. The Morgan fingerprint density at radius 3 is 2.75 bits per heavy atom. The lowest BCUT2D eigenvalue weighted by Gasteiger charge is -2.10. The molecule has 2 heteroatoms. The Hall–Kier alpha value is -0.790. The molecule has 0 aliphatic rings. The van der Waals surface area contributed by atoms with Gasteiger partial charge in [-0.15, -0.1) is 0 Å². The zero-order valence-corrected chi connectivity index (χ0v) is 8.01. The standard InChI is InChI=1S/C10H18O2/c1-4-6-7-8-9(3)12-10(11)5-2/h5,9H,2,4,6-8H2,1,3H3. The molecular weight excluding hydrogens is 152 g/mol. The fourth-order valence-corrected chi connectivity index (χ4v) is 0.987. The normalized spacial score (nSPS) is 12.2. The fourth-order valence-electron chi connectivity index (χ4n) is 0.987. The summed E-state index contributed by atoms with van der Waals surface area (Å²) in [6, 6.07) is 0. The first-order valence-electron chi connectivity index (χ1n) is 4.53. The van der Waals surface area contributed by atoms with E-state index in [2.05, 4.69) is 13.5 Å². The highest BCUT2D eigenvalue weighted by Gasteiger charge is 2.04. The Kier molecular flexibility index (Phi) is 6.44. The predicted octanol–water partition coefficient (Wildman–Crippen LogP) is 2.68. The van der Waals surface area contributed by atoms with Gasteiger partial charge < -0.3 is 4.74 Å². The highest BCUT2D eigenvalue weighted by molar-refractivity contribution is 5.81. The SMILES string of the molecule is C=CC(=O)OC(C)CCCCC. The summed E-state index contributed by atoms with van der Waals surface area (Å²) in [4.78, 5) is 10.7. The van der Waals surface area contributed by atoms with Crippen LogP contribution in [0.3, 0.4) is 0 Å². The van der Waals surface area contributed by atoms with Crippen molar-refractivity contribution in [3.8, 4) is 0 Å². The van der Waals surface area contributed by atoms with Gasteiger partial charge in [-0.25, -0.2) is 4.79 Å². The Labute approximate surface area is 74.6 Å². The van der Waals surface area contributed by atoms with E-state index < -0.39 is 0 Å². The van der Waals surface area contributed by atoms with Gasteiger partial charge in [0.25, 0.3) is 0 Å². The second-order valence-electron chi connectivity index (χ2n) is 2.95. The van der Waals surface area contributed by atoms with Gasteiger partial charge in [0.15, 0.2) is 0 Å². The molecule has 0 heterocycles. The van der Waals surface area contributed by atoms with Crippen LogP contribution < -0.4 is 0 Å². The molecule has 0 fully saturated rings. The number of ether oxygens (including phenoxy) is 1. The molecule has 0 aromatic rings. The average molecular weight is 170 g/mol. The number of rotatable bonds is 6. The van der Waals surface area contributed by atoms with Gasteiger partial charge in [0.05, 0.1) is 6.10 Å². The molecule has 0 aliphatic heterocycles. The first kappa shape index (κ1) is 11.2. The van der Waals surface area contributed by atoms with E-state index in [4.69, 9.17) is 4.74 Å². The third kappa shape index (κ3) is 5.96. The minimum atomic E-state index is -0.320. The van der Waals surface area contributed by atoms with Gasteiger partial charge in [0, 0.05) is 6.08 Å². The molecule has 2 nitrogen and oxygen atoms in total. The molecule has 0 rings (SSSR count). The van der Waals surface area contributed by atoms with Crippen LogP contribution in [0.2, 0.25) is 0 Å². The first-order chi connectivity index (χ1) is 5.70. The molecule has 1 atom stereocenters. The molecular formula is C10H18O2. The largest absolute Gasteiger partial charge is 0.460 e. The lowest BCUT2D eigenvalue weighted by molar-refractivity contribution is -0.142. The molecule has 0 N–H and O–H groups in total. The van der Waals surface area contributed by atoms with Crippen LogP contribution in [0.25, 0.3) is 0 Å². The molecule has 12 heavy (non-hydrogen) atoms. The molecule has 0 aromatic carbocycles. The molecule has 70 valence electrons. The molecule has 0 radical (unpaired) electrons. The van der Waals surface area contributed by atoms with E-state index in [0.717, 1.165) is 12.8 Å². The van der Waals surface area contributed by atoms with Crippen LogP contribution in [0.1, 0.15) is 39.5 Å². The van der Waals surface area contributed by atoms with E-state index in [0.29, 0.717) is 0 Å². The maximum absolute atomic E-state index is 10.7. The van der Waals surface area contributed by atoms with Crippen LogP contribution in [0, 0.1) is 0 Å². The van der Waals surface area contributed by atoms with E-state index in [-0.39, 0.29) is 12.1 Å². The van der Waals surface area contributed by atoms with Gasteiger partial charge in [0.1, 0.15) is 0 Å². The Morgan fingerprint density at radius 1 is 1.58 bits per heavy atom. The summed E-state index contributed by atoms with van der Waals surface area (Å²) in [5.74, 6) is -0.320. The average Bonchev–Trinajstić information content (AvgIpc) is 2.05. The minimum Gasteiger partial charge on any atom is -0.460 e.